The smallest absolute Gasteiger partial charge is 0.372 e. The Balaban J connectivity index is 3.10. The van der Waals surface area contributed by atoms with Gasteiger partial charge in [-0.05, 0) is 24.1 Å². The average molecular weight is 344 g/mol. The molecule has 0 saturated heterocycles. The maximum atomic E-state index is 12.6. The zero-order valence-corrected chi connectivity index (χ0v) is 11.8. The number of nitrogens with two attached hydrogens (primary N) is 1. The number of carbonyl (C=O) groups excluding carboxylic acids is 1. The van der Waals surface area contributed by atoms with Gasteiger partial charge in [-0.3, -0.25) is 4.79 Å². The van der Waals surface area contributed by atoms with Gasteiger partial charge in [0, 0.05) is 5.69 Å². The Bertz CT molecular complexity index is 556. The third-order valence-electron chi connectivity index (χ3n) is 3.20. The molecule has 1 amide bonds. The van der Waals surface area contributed by atoms with Crippen LogP contribution in [0.15, 0.2) is 24.3 Å². The van der Waals surface area contributed by atoms with Crippen LogP contribution in [-0.4, -0.2) is 35.0 Å². The van der Waals surface area contributed by atoms with Crippen molar-refractivity contribution in [1.29, 1.82) is 0 Å². The number of nitrogens with one attached hydrogen (secondary N) is 1. The van der Waals surface area contributed by atoms with E-state index in [9.17, 15) is 31.1 Å². The minimum atomic E-state index is -6.17. The van der Waals surface area contributed by atoms with Gasteiger partial charge in [0.15, 0.2) is 0 Å². The highest BCUT2D eigenvalue weighted by Gasteiger charge is 2.74. The highest BCUT2D eigenvalue weighted by molar-refractivity contribution is 5.95. The molecule has 0 fully saturated rings. The molecule has 4 N–H and O–H groups in total. The topological polar surface area (TPSA) is 75.4 Å². The maximum Gasteiger partial charge on any atom is 0.428 e. The number of halogens is 6. The number of rotatable bonds is 4. The molecule has 10 heteroatoms. The molecule has 1 aromatic carbocycles. The number of amides is 1. The molecule has 0 aliphatic rings. The minimum absolute atomic E-state index is 0.0310. The van der Waals surface area contributed by atoms with Gasteiger partial charge in [0.2, 0.25) is 5.91 Å². The van der Waals surface area contributed by atoms with Crippen LogP contribution in [0.5, 0.6) is 0 Å². The van der Waals surface area contributed by atoms with Crippen molar-refractivity contribution >= 4 is 11.6 Å². The molecule has 0 spiro atoms. The van der Waals surface area contributed by atoms with Crippen LogP contribution in [0.25, 0.3) is 0 Å². The lowest BCUT2D eigenvalue weighted by molar-refractivity contribution is -0.370. The predicted molar refractivity (Wildman–Crippen MR) is 69.5 cm³/mol. The van der Waals surface area contributed by atoms with Crippen LogP contribution in [0.4, 0.5) is 32.0 Å². The monoisotopic (exact) mass is 344 g/mol. The molecule has 0 aliphatic carbocycles. The molecule has 1 rings (SSSR count). The second kappa shape index (κ2) is 6.36. The van der Waals surface area contributed by atoms with E-state index in [4.69, 9.17) is 10.8 Å². The lowest BCUT2D eigenvalue weighted by Gasteiger charge is -2.35. The number of benzene rings is 1. The normalized spacial score (nSPS) is 14.5. The number of aliphatic hydroxyl groups is 1. The first-order chi connectivity index (χ1) is 10.3. The molecular formula is C13H14F6N2O2. The Morgan fingerprint density at radius 1 is 1.22 bits per heavy atom. The van der Waals surface area contributed by atoms with Gasteiger partial charge < -0.3 is 16.2 Å². The number of aryl methyl sites for hydroxylation is 1. The Kier molecular flexibility index (Phi) is 5.32. The summed E-state index contributed by atoms with van der Waals surface area (Å²) in [6, 6.07) is 2.46. The predicted octanol–water partition coefficient (Wildman–Crippen LogP) is 2.37. The standard InChI is InChI=1S/C13H14F6N2O2/c1-2-7-4-3-5-8(6-7)21-10(22)9(20)11(23,12(14,15)16)13(17,18)19/h3-6,9,23H,2,20H2,1H3,(H,21,22). The van der Waals surface area contributed by atoms with E-state index < -0.39 is 29.9 Å². The zero-order chi connectivity index (χ0) is 18.1. The van der Waals surface area contributed by atoms with E-state index in [1.165, 1.54) is 18.2 Å². The highest BCUT2D eigenvalue weighted by atomic mass is 19.4. The van der Waals surface area contributed by atoms with Crippen molar-refractivity contribution in [1.82, 2.24) is 0 Å². The van der Waals surface area contributed by atoms with Gasteiger partial charge >= 0.3 is 12.4 Å². The van der Waals surface area contributed by atoms with Gasteiger partial charge in [-0.1, -0.05) is 19.1 Å². The van der Waals surface area contributed by atoms with E-state index in [1.807, 2.05) is 5.32 Å². The van der Waals surface area contributed by atoms with Crippen molar-refractivity contribution in [2.75, 3.05) is 5.32 Å². The van der Waals surface area contributed by atoms with Gasteiger partial charge in [0.1, 0.15) is 6.04 Å². The summed E-state index contributed by atoms with van der Waals surface area (Å²) in [6.07, 6.45) is -11.8. The molecule has 0 aromatic heterocycles. The van der Waals surface area contributed by atoms with Crippen molar-refractivity contribution < 1.29 is 36.2 Å². The highest BCUT2D eigenvalue weighted by Crippen LogP contribution is 2.44. The van der Waals surface area contributed by atoms with Crippen molar-refractivity contribution in [2.24, 2.45) is 5.73 Å². The quantitative estimate of drug-likeness (QED) is 0.734. The maximum absolute atomic E-state index is 12.6. The molecule has 4 nitrogen and oxygen atoms in total. The van der Waals surface area contributed by atoms with E-state index in [0.29, 0.717) is 12.0 Å². The second-order valence-corrected chi connectivity index (χ2v) is 4.78. The Morgan fingerprint density at radius 2 is 1.74 bits per heavy atom. The molecule has 0 saturated carbocycles. The van der Waals surface area contributed by atoms with Crippen molar-refractivity contribution in [2.45, 2.75) is 37.3 Å². The van der Waals surface area contributed by atoms with E-state index in [0.717, 1.165) is 0 Å². The molecular weight excluding hydrogens is 330 g/mol. The molecule has 1 aromatic rings. The van der Waals surface area contributed by atoms with Crippen LogP contribution < -0.4 is 11.1 Å². The van der Waals surface area contributed by atoms with Crippen LogP contribution in [0.3, 0.4) is 0 Å². The number of hydrogen-bond donors (Lipinski definition) is 3. The number of alkyl halides is 6. The molecule has 0 heterocycles. The lowest BCUT2D eigenvalue weighted by Crippen LogP contribution is -2.70. The van der Waals surface area contributed by atoms with Crippen molar-refractivity contribution in [3.8, 4) is 0 Å². The van der Waals surface area contributed by atoms with Crippen LogP contribution in [0.2, 0.25) is 0 Å². The molecule has 0 bridgehead atoms. The minimum Gasteiger partial charge on any atom is -0.372 e. The SMILES string of the molecule is CCc1cccc(NC(=O)C(N)C(O)(C(F)(F)F)C(F)(F)F)c1. The third-order valence-corrected chi connectivity index (χ3v) is 3.20. The van der Waals surface area contributed by atoms with Gasteiger partial charge in [0.05, 0.1) is 0 Å². The van der Waals surface area contributed by atoms with E-state index in [2.05, 4.69) is 0 Å². The fourth-order valence-corrected chi connectivity index (χ4v) is 1.79. The summed E-state index contributed by atoms with van der Waals surface area (Å²) < 4.78 is 75.8. The van der Waals surface area contributed by atoms with Gasteiger partial charge in [-0.2, -0.15) is 26.3 Å². The van der Waals surface area contributed by atoms with Gasteiger partial charge in [-0.25, -0.2) is 0 Å². The first kappa shape index (κ1) is 19.2. The number of hydrogen-bond acceptors (Lipinski definition) is 3. The Hall–Kier alpha value is -1.81. The first-order valence-corrected chi connectivity index (χ1v) is 6.35. The summed E-state index contributed by atoms with van der Waals surface area (Å²) in [5.74, 6) is -1.81. The molecule has 1 unspecified atom stereocenters. The summed E-state index contributed by atoms with van der Waals surface area (Å²) >= 11 is 0. The summed E-state index contributed by atoms with van der Waals surface area (Å²) in [4.78, 5) is 11.7. The first-order valence-electron chi connectivity index (χ1n) is 6.35. The van der Waals surface area contributed by atoms with Crippen molar-refractivity contribution in [3.05, 3.63) is 29.8 Å². The Morgan fingerprint density at radius 3 is 2.17 bits per heavy atom. The lowest BCUT2D eigenvalue weighted by atomic mass is 9.92. The fraction of sp³-hybridized carbons (Fsp3) is 0.462. The summed E-state index contributed by atoms with van der Waals surface area (Å²) in [5, 5.41) is 10.9. The molecule has 0 aliphatic heterocycles. The van der Waals surface area contributed by atoms with Crippen LogP contribution in [0, 0.1) is 0 Å². The zero-order valence-electron chi connectivity index (χ0n) is 11.8. The fourth-order valence-electron chi connectivity index (χ4n) is 1.79. The van der Waals surface area contributed by atoms with Crippen LogP contribution in [0.1, 0.15) is 12.5 Å². The summed E-state index contributed by atoms with van der Waals surface area (Å²) in [7, 11) is 0. The average Bonchev–Trinajstić information content (AvgIpc) is 2.43. The van der Waals surface area contributed by atoms with Crippen LogP contribution in [-0.2, 0) is 11.2 Å². The van der Waals surface area contributed by atoms with E-state index >= 15 is 0 Å². The molecule has 23 heavy (non-hydrogen) atoms. The second-order valence-electron chi connectivity index (χ2n) is 4.78. The van der Waals surface area contributed by atoms with Crippen LogP contribution >= 0.6 is 0 Å². The van der Waals surface area contributed by atoms with Crippen molar-refractivity contribution in [3.63, 3.8) is 0 Å². The van der Waals surface area contributed by atoms with E-state index in [-0.39, 0.29) is 5.69 Å². The largest absolute Gasteiger partial charge is 0.428 e. The third kappa shape index (κ3) is 3.75. The molecule has 130 valence electrons. The Labute approximate surface area is 127 Å². The number of carbonyl (C=O) groups is 1. The molecule has 0 radical (unpaired) electrons. The van der Waals surface area contributed by atoms with Gasteiger partial charge in [-0.15, -0.1) is 0 Å². The van der Waals surface area contributed by atoms with Gasteiger partial charge in [0.25, 0.3) is 5.60 Å². The molecule has 1 atom stereocenters. The summed E-state index contributed by atoms with van der Waals surface area (Å²) in [5.41, 5.74) is 0.0915. The van der Waals surface area contributed by atoms with E-state index in [1.54, 1.807) is 13.0 Å². The number of anilines is 1. The summed E-state index contributed by atoms with van der Waals surface area (Å²) in [6.45, 7) is 1.76.